The zero-order valence-electron chi connectivity index (χ0n) is 43.5. The third-order valence-corrected chi connectivity index (χ3v) is 11.0. The molecule has 0 radical (unpaired) electrons. The van der Waals surface area contributed by atoms with E-state index in [1.54, 1.807) is 0 Å². The quantitative estimate of drug-likeness (QED) is 0.00540. The van der Waals surface area contributed by atoms with E-state index >= 15 is 0 Å². The summed E-state index contributed by atoms with van der Waals surface area (Å²) >= 11 is 0. The number of azide groups is 1. The van der Waals surface area contributed by atoms with E-state index in [0.717, 1.165) is 118 Å². The van der Waals surface area contributed by atoms with E-state index in [0.29, 0.717) is 19.3 Å². The Morgan fingerprint density at radius 2 is 0.646 bits per heavy atom. The molecular formula is C49H49N7O26. The number of nitro benzene ring substituents is 4. The Morgan fingerprint density at radius 3 is 0.902 bits per heavy atom. The first-order valence-electron chi connectivity index (χ1n) is 23.7. The highest BCUT2D eigenvalue weighted by Crippen LogP contribution is 2.30. The smallest absolute Gasteiger partial charge is 0.465 e. The van der Waals surface area contributed by atoms with Gasteiger partial charge in [-0.05, 0) is 87.7 Å². The number of unbranched alkanes of at least 4 members (excludes halogenated alkanes) is 3. The summed E-state index contributed by atoms with van der Waals surface area (Å²) in [5, 5.41) is 47.8. The lowest BCUT2D eigenvalue weighted by molar-refractivity contribution is -0.385. The summed E-state index contributed by atoms with van der Waals surface area (Å²) < 4.78 is 57.4. The first-order valence-corrected chi connectivity index (χ1v) is 23.7. The van der Waals surface area contributed by atoms with Crippen LogP contribution in [0.25, 0.3) is 10.4 Å². The van der Waals surface area contributed by atoms with Gasteiger partial charge in [0.05, 0.1) is 26.3 Å². The molecule has 0 fully saturated rings. The molecule has 0 spiro atoms. The van der Waals surface area contributed by atoms with Crippen molar-refractivity contribution < 1.29 is 105 Å². The molecule has 33 heteroatoms. The van der Waals surface area contributed by atoms with Gasteiger partial charge in [0.1, 0.15) is 78.9 Å². The van der Waals surface area contributed by atoms with Crippen molar-refractivity contribution >= 4 is 65.3 Å². The molecule has 0 atom stereocenters. The lowest BCUT2D eigenvalue weighted by Gasteiger charge is -2.32. The van der Waals surface area contributed by atoms with Crippen LogP contribution in [0.3, 0.4) is 0 Å². The van der Waals surface area contributed by atoms with Crippen molar-refractivity contribution in [3.63, 3.8) is 0 Å². The summed E-state index contributed by atoms with van der Waals surface area (Å²) in [6.07, 6.45) is -4.11. The molecule has 0 saturated carbocycles. The summed E-state index contributed by atoms with van der Waals surface area (Å²) in [4.78, 5) is 138. The Labute approximate surface area is 461 Å². The van der Waals surface area contributed by atoms with E-state index in [-0.39, 0.29) is 65.3 Å². The fourth-order valence-electron chi connectivity index (χ4n) is 6.22. The van der Waals surface area contributed by atoms with Gasteiger partial charge < -0.3 is 52.1 Å². The predicted octanol–water partition coefficient (Wildman–Crippen LogP) is 9.00. The van der Waals surface area contributed by atoms with Gasteiger partial charge in [-0.1, -0.05) is 18.0 Å². The monoisotopic (exact) mass is 1150 g/mol. The number of hydrogen-bond donors (Lipinski definition) is 0. The van der Waals surface area contributed by atoms with E-state index in [1.165, 1.54) is 0 Å². The molecule has 0 aromatic heterocycles. The van der Waals surface area contributed by atoms with Crippen molar-refractivity contribution in [1.29, 1.82) is 0 Å². The number of rotatable bonds is 30. The number of carbonyl (C=O) groups excluding carboxylic acids is 7. The number of nitrogens with zero attached hydrogens (tertiary/aromatic N) is 7. The minimum absolute atomic E-state index is 0.207. The van der Waals surface area contributed by atoms with Crippen LogP contribution in [0.1, 0.15) is 46.5 Å². The van der Waals surface area contributed by atoms with Gasteiger partial charge in [0.15, 0.2) is 0 Å². The van der Waals surface area contributed by atoms with E-state index in [4.69, 9.17) is 57.6 Å². The number of hydrogen-bond acceptors (Lipinski definition) is 27. The van der Waals surface area contributed by atoms with Crippen LogP contribution in [0.15, 0.2) is 102 Å². The summed E-state index contributed by atoms with van der Waals surface area (Å²) in [5.74, 6) is -4.83. The molecular weight excluding hydrogens is 1100 g/mol. The first-order chi connectivity index (χ1) is 38.8. The number of benzene rings is 4. The minimum Gasteiger partial charge on any atom is -0.465 e. The second-order valence-electron chi connectivity index (χ2n) is 17.9. The van der Waals surface area contributed by atoms with Gasteiger partial charge in [0, 0.05) is 60.0 Å². The molecule has 0 amide bonds. The van der Waals surface area contributed by atoms with E-state index in [1.807, 2.05) is 0 Å². The van der Waals surface area contributed by atoms with Gasteiger partial charge in [-0.3, -0.25) is 54.8 Å². The predicted molar refractivity (Wildman–Crippen MR) is 270 cm³/mol. The van der Waals surface area contributed by atoms with Crippen molar-refractivity contribution in [2.75, 3.05) is 52.8 Å². The van der Waals surface area contributed by atoms with Gasteiger partial charge in [0.25, 0.3) is 22.7 Å². The Morgan fingerprint density at radius 1 is 0.402 bits per heavy atom. The van der Waals surface area contributed by atoms with Crippen molar-refractivity contribution in [3.8, 4) is 23.0 Å². The highest BCUT2D eigenvalue weighted by atomic mass is 16.8. The minimum atomic E-state index is -2.24. The van der Waals surface area contributed by atoms with Gasteiger partial charge >= 0.3 is 42.5 Å². The van der Waals surface area contributed by atoms with Crippen LogP contribution >= 0.6 is 0 Å². The van der Waals surface area contributed by atoms with Gasteiger partial charge in [-0.25, -0.2) is 19.2 Å². The van der Waals surface area contributed by atoms with Crippen LogP contribution in [-0.4, -0.2) is 115 Å². The van der Waals surface area contributed by atoms with Crippen molar-refractivity contribution in [1.82, 2.24) is 0 Å². The molecule has 0 aliphatic heterocycles. The topological polar surface area (TPSA) is 442 Å². The molecule has 436 valence electrons. The fourth-order valence-corrected chi connectivity index (χ4v) is 6.22. The Balaban J connectivity index is 1.59. The van der Waals surface area contributed by atoms with Crippen LogP contribution in [0.5, 0.6) is 23.0 Å². The zero-order chi connectivity index (χ0) is 60.5. The number of carbonyl (C=O) groups is 7. The molecule has 33 nitrogen and oxygen atoms in total. The lowest BCUT2D eigenvalue weighted by atomic mass is 9.90. The highest BCUT2D eigenvalue weighted by Gasteiger charge is 2.46. The molecule has 4 aromatic carbocycles. The number of non-ortho nitro benzene ring substituents is 4. The summed E-state index contributed by atoms with van der Waals surface area (Å²) in [6, 6.07) is 16.5. The first kappa shape index (κ1) is 63.8. The number of ether oxygens (including phenoxy) is 11. The van der Waals surface area contributed by atoms with Gasteiger partial charge in [-0.15, -0.1) is 0 Å². The van der Waals surface area contributed by atoms with Crippen molar-refractivity contribution in [2.24, 2.45) is 21.4 Å². The Hall–Kier alpha value is -10.7. The maximum atomic E-state index is 14.2. The van der Waals surface area contributed by atoms with Gasteiger partial charge in [0.2, 0.25) is 0 Å². The van der Waals surface area contributed by atoms with Crippen LogP contribution in [0.4, 0.5) is 41.9 Å². The van der Waals surface area contributed by atoms with Crippen LogP contribution in [0, 0.1) is 56.7 Å². The number of esters is 3. The molecule has 0 saturated heterocycles. The molecule has 4 aromatic rings. The summed E-state index contributed by atoms with van der Waals surface area (Å²) in [7, 11) is 0. The molecule has 0 unspecified atom stereocenters. The average Bonchev–Trinajstić information content (AvgIpc) is 3.56. The molecule has 82 heavy (non-hydrogen) atoms. The summed E-state index contributed by atoms with van der Waals surface area (Å²) in [5.41, 5.74) is 0.472. The number of nitro groups is 4. The van der Waals surface area contributed by atoms with E-state index in [9.17, 15) is 74.0 Å². The normalized spacial score (nSPS) is 11.0. The molecule has 0 aliphatic carbocycles. The second-order valence-corrected chi connectivity index (χ2v) is 17.9. The fraction of sp³-hybridized carbons (Fsp3) is 0.367. The van der Waals surface area contributed by atoms with Crippen molar-refractivity contribution in [2.45, 2.75) is 46.5 Å². The molecule has 0 bridgehead atoms. The van der Waals surface area contributed by atoms with E-state index < -0.39 is 118 Å². The van der Waals surface area contributed by atoms with Gasteiger partial charge in [-0.2, -0.15) is 0 Å². The second kappa shape index (κ2) is 30.4. The Kier molecular flexibility index (Phi) is 23.7. The maximum absolute atomic E-state index is 14.2. The lowest BCUT2D eigenvalue weighted by Crippen LogP contribution is -2.47. The zero-order valence-corrected chi connectivity index (χ0v) is 43.5. The molecule has 0 aliphatic rings. The largest absolute Gasteiger partial charge is 0.513 e. The third kappa shape index (κ3) is 20.6. The highest BCUT2D eigenvalue weighted by molar-refractivity contribution is 5.82. The molecule has 4 rings (SSSR count). The van der Waals surface area contributed by atoms with Crippen LogP contribution in [0.2, 0.25) is 0 Å². The average molecular weight is 1150 g/mol. The third-order valence-electron chi connectivity index (χ3n) is 11.0. The van der Waals surface area contributed by atoms with Crippen LogP contribution < -0.4 is 18.9 Å². The molecule has 0 heterocycles. The molecule has 0 N–H and O–H groups in total. The maximum Gasteiger partial charge on any atom is 0.513 e. The van der Waals surface area contributed by atoms with Crippen LogP contribution in [-0.2, 0) is 47.5 Å². The summed E-state index contributed by atoms with van der Waals surface area (Å²) in [6.45, 7) is -2.93. The SMILES string of the molecule is CC(COC(=O)Oc1ccc([N+](=O)[O-])cc1)(COC(=O)Oc1ccc([N+](=O)[O-])cc1)C(=O)OCC(C)(COC(=O)C(C)(COC(=O)Oc1ccc([N+](=O)[O-])cc1)COC(=O)Oc1ccc([N+](=O)[O-])cc1)C(=O)OCCCCCCN=[N+]=[N-]. The Bertz CT molecular complexity index is 2680. The standard InChI is InChI=1S/C49H49N7O26/c1-47(40(57)72-25-7-5-4-6-24-51-52-50,26-73-41(58)48(2,28-75-43(60)79-36-16-8-32(9-17-36)53(64)65)29-76-44(61)80-37-18-10-33(11-19-37)54(66)67)27-74-42(59)49(3,30-77-45(62)81-38-20-12-34(13-21-38)55(68)69)31-78-46(63)82-39-22-14-35(15-23-39)56(70)71/h8-23H,4-7,24-31H2,1-3H3. The van der Waals surface area contributed by atoms with Crippen molar-refractivity contribution in [3.05, 3.63) is 148 Å². The van der Waals surface area contributed by atoms with E-state index in [2.05, 4.69) is 10.0 Å².